The number of hydrogen-bond donors (Lipinski definition) is 1. The van der Waals surface area contributed by atoms with Crippen molar-refractivity contribution >= 4 is 0 Å². The molecular formula is C28H46O. The van der Waals surface area contributed by atoms with Crippen molar-refractivity contribution in [1.82, 2.24) is 0 Å². The van der Waals surface area contributed by atoms with Crippen LogP contribution in [-0.2, 0) is 0 Å². The van der Waals surface area contributed by atoms with Crippen LogP contribution in [0.4, 0.5) is 0 Å². The lowest BCUT2D eigenvalue weighted by molar-refractivity contribution is -0.0414. The van der Waals surface area contributed by atoms with Crippen LogP contribution in [0.1, 0.15) is 92.9 Å². The van der Waals surface area contributed by atoms with Crippen molar-refractivity contribution in [2.75, 3.05) is 0 Å². The molecule has 7 unspecified atom stereocenters. The Morgan fingerprint density at radius 2 is 1.62 bits per heavy atom. The van der Waals surface area contributed by atoms with E-state index in [1.807, 2.05) is 5.57 Å². The quantitative estimate of drug-likeness (QED) is 0.489. The van der Waals surface area contributed by atoms with Crippen LogP contribution in [0.5, 0.6) is 0 Å². The molecule has 164 valence electrons. The summed E-state index contributed by atoms with van der Waals surface area (Å²) in [6, 6.07) is 0. The lowest BCUT2D eigenvalue weighted by atomic mass is 9.47. The van der Waals surface area contributed by atoms with Gasteiger partial charge in [0.2, 0.25) is 0 Å². The molecule has 4 aliphatic rings. The summed E-state index contributed by atoms with van der Waals surface area (Å²) in [5.41, 5.74) is 2.79. The topological polar surface area (TPSA) is 20.2 Å². The largest absolute Gasteiger partial charge is 0.393 e. The van der Waals surface area contributed by atoms with Crippen LogP contribution in [0.3, 0.4) is 0 Å². The molecule has 3 saturated carbocycles. The highest BCUT2D eigenvalue weighted by atomic mass is 16.3. The van der Waals surface area contributed by atoms with E-state index in [1.54, 1.807) is 0 Å². The van der Waals surface area contributed by atoms with E-state index in [0.29, 0.717) is 28.6 Å². The Morgan fingerprint density at radius 1 is 0.931 bits per heavy atom. The van der Waals surface area contributed by atoms with Gasteiger partial charge < -0.3 is 5.11 Å². The van der Waals surface area contributed by atoms with Gasteiger partial charge in [-0.05, 0) is 104 Å². The Morgan fingerprint density at radius 3 is 2.34 bits per heavy atom. The predicted octanol–water partition coefficient (Wildman–Crippen LogP) is 7.41. The van der Waals surface area contributed by atoms with E-state index in [2.05, 4.69) is 59.8 Å². The van der Waals surface area contributed by atoms with E-state index in [1.165, 1.54) is 38.5 Å². The fourth-order valence-corrected chi connectivity index (χ4v) is 8.10. The van der Waals surface area contributed by atoms with Gasteiger partial charge in [-0.3, -0.25) is 0 Å². The summed E-state index contributed by atoms with van der Waals surface area (Å²) in [6.07, 6.45) is 17.8. The minimum absolute atomic E-state index is 0.0476. The molecule has 3 fully saturated rings. The summed E-state index contributed by atoms with van der Waals surface area (Å²) < 4.78 is 0. The molecule has 9 atom stereocenters. The van der Waals surface area contributed by atoms with Crippen molar-refractivity contribution in [2.24, 2.45) is 52.3 Å². The van der Waals surface area contributed by atoms with E-state index >= 15 is 0 Å². The first-order chi connectivity index (χ1) is 13.7. The van der Waals surface area contributed by atoms with E-state index in [0.717, 1.165) is 36.5 Å². The van der Waals surface area contributed by atoms with E-state index in [4.69, 9.17) is 0 Å². The molecule has 0 aromatic heterocycles. The Labute approximate surface area is 180 Å². The van der Waals surface area contributed by atoms with Crippen molar-refractivity contribution in [3.63, 3.8) is 0 Å². The highest BCUT2D eigenvalue weighted by Crippen LogP contribution is 2.66. The third-order valence-corrected chi connectivity index (χ3v) is 10.5. The maximum atomic E-state index is 10.2. The van der Waals surface area contributed by atoms with Crippen LogP contribution in [-0.4, -0.2) is 11.2 Å². The first kappa shape index (κ1) is 21.7. The van der Waals surface area contributed by atoms with Gasteiger partial charge in [0.25, 0.3) is 0 Å². The number of aliphatic hydroxyl groups excluding tert-OH is 1. The molecule has 1 N–H and O–H groups in total. The number of hydrogen-bond acceptors (Lipinski definition) is 1. The van der Waals surface area contributed by atoms with Crippen molar-refractivity contribution in [3.05, 3.63) is 23.8 Å². The molecule has 29 heavy (non-hydrogen) atoms. The summed E-state index contributed by atoms with van der Waals surface area (Å²) in [4.78, 5) is 0. The van der Waals surface area contributed by atoms with Crippen molar-refractivity contribution in [1.29, 1.82) is 0 Å². The van der Waals surface area contributed by atoms with Crippen LogP contribution >= 0.6 is 0 Å². The highest BCUT2D eigenvalue weighted by Gasteiger charge is 2.57. The minimum atomic E-state index is -0.0476. The highest BCUT2D eigenvalue weighted by molar-refractivity contribution is 5.28. The van der Waals surface area contributed by atoms with Crippen LogP contribution in [0, 0.1) is 52.3 Å². The van der Waals surface area contributed by atoms with Gasteiger partial charge in [-0.2, -0.15) is 0 Å². The Hall–Kier alpha value is -0.560. The van der Waals surface area contributed by atoms with Gasteiger partial charge in [-0.15, -0.1) is 0 Å². The minimum Gasteiger partial charge on any atom is -0.393 e. The molecular weight excluding hydrogens is 352 g/mol. The Balaban J connectivity index is 1.54. The fraction of sp³-hybridized carbons (Fsp3) is 0.857. The zero-order valence-electron chi connectivity index (χ0n) is 20.0. The molecule has 0 aliphatic heterocycles. The maximum Gasteiger partial charge on any atom is 0.0543 e. The summed E-state index contributed by atoms with van der Waals surface area (Å²) in [7, 11) is 0. The van der Waals surface area contributed by atoms with Crippen LogP contribution in [0.15, 0.2) is 23.8 Å². The molecule has 0 aromatic rings. The van der Waals surface area contributed by atoms with E-state index < -0.39 is 0 Å². The zero-order valence-corrected chi connectivity index (χ0v) is 20.0. The fourth-order valence-electron chi connectivity index (χ4n) is 8.10. The third-order valence-electron chi connectivity index (χ3n) is 10.5. The lowest BCUT2D eigenvalue weighted by Crippen LogP contribution is -2.49. The van der Waals surface area contributed by atoms with Gasteiger partial charge in [0, 0.05) is 0 Å². The molecule has 4 aliphatic carbocycles. The Bertz CT molecular complexity index is 659. The van der Waals surface area contributed by atoms with Gasteiger partial charge in [-0.25, -0.2) is 0 Å². The van der Waals surface area contributed by atoms with E-state index in [9.17, 15) is 5.11 Å². The first-order valence-corrected chi connectivity index (χ1v) is 12.7. The number of aliphatic hydroxyl groups is 1. The molecule has 1 heteroatoms. The smallest absolute Gasteiger partial charge is 0.0543 e. The maximum absolute atomic E-state index is 10.2. The normalized spacial score (nSPS) is 46.8. The summed E-state index contributed by atoms with van der Waals surface area (Å²) in [5.74, 6) is 5.25. The summed E-state index contributed by atoms with van der Waals surface area (Å²) in [5, 5.41) is 10.2. The number of allylic oxidation sites excluding steroid dienone is 4. The van der Waals surface area contributed by atoms with Crippen molar-refractivity contribution in [2.45, 2.75) is 99.0 Å². The molecule has 0 radical (unpaired) electrons. The second kappa shape index (κ2) is 7.85. The molecule has 1 nitrogen and oxygen atoms in total. The number of rotatable bonds is 4. The average molecular weight is 399 g/mol. The second-order valence-electron chi connectivity index (χ2n) is 12.3. The van der Waals surface area contributed by atoms with Crippen LogP contribution < -0.4 is 0 Å². The zero-order chi connectivity index (χ0) is 21.0. The average Bonchev–Trinajstić information content (AvgIpc) is 3.03. The molecule has 0 bridgehead atoms. The van der Waals surface area contributed by atoms with Crippen molar-refractivity contribution < 1.29 is 5.11 Å². The summed E-state index contributed by atoms with van der Waals surface area (Å²) >= 11 is 0. The third kappa shape index (κ3) is 3.58. The Kier molecular flexibility index (Phi) is 5.86. The van der Waals surface area contributed by atoms with Gasteiger partial charge in [-0.1, -0.05) is 65.3 Å². The molecule has 0 spiro atoms. The van der Waals surface area contributed by atoms with Gasteiger partial charge >= 0.3 is 0 Å². The van der Waals surface area contributed by atoms with Crippen molar-refractivity contribution in [3.8, 4) is 0 Å². The predicted molar refractivity (Wildman–Crippen MR) is 124 cm³/mol. The molecule has 0 aromatic carbocycles. The second-order valence-corrected chi connectivity index (χ2v) is 12.3. The monoisotopic (exact) mass is 398 g/mol. The SMILES string of the molecule is CC(C)[C@@H](C)/C=C/[C@@H](C)C1CCC2C3=CCC4CC(O)CCC4(C)C3CCC21C. The first-order valence-electron chi connectivity index (χ1n) is 12.7. The van der Waals surface area contributed by atoms with E-state index in [-0.39, 0.29) is 6.10 Å². The van der Waals surface area contributed by atoms with Crippen LogP contribution in [0.2, 0.25) is 0 Å². The lowest BCUT2D eigenvalue weighted by Gasteiger charge is -2.57. The van der Waals surface area contributed by atoms with Gasteiger partial charge in [0.05, 0.1) is 6.10 Å². The van der Waals surface area contributed by atoms with Gasteiger partial charge in [0.15, 0.2) is 0 Å². The molecule has 0 amide bonds. The van der Waals surface area contributed by atoms with Crippen LogP contribution in [0.25, 0.3) is 0 Å². The summed E-state index contributed by atoms with van der Waals surface area (Å²) in [6.45, 7) is 14.7. The molecule has 4 rings (SSSR count). The standard InChI is InChI=1S/C28H46O/c1-18(2)19(3)7-8-20(4)24-11-12-25-23-10-9-21-17-22(29)13-15-27(21,5)26(23)14-16-28(24,25)6/h7-8,10,18-22,24-26,29H,9,11-17H2,1-6H3/b8-7+/t19-,20+,21?,22?,24?,25?,26?,27?,28?/m0/s1. The molecule has 0 heterocycles. The van der Waals surface area contributed by atoms with Gasteiger partial charge in [0.1, 0.15) is 0 Å². The number of fused-ring (bicyclic) bond motifs is 5. The molecule has 0 saturated heterocycles.